The van der Waals surface area contributed by atoms with Gasteiger partial charge in [0.15, 0.2) is 0 Å². The molecule has 3 aliphatic carbocycles. The molecule has 0 N–H and O–H groups in total. The summed E-state index contributed by atoms with van der Waals surface area (Å²) in [6, 6.07) is 11.9. The van der Waals surface area contributed by atoms with Crippen molar-refractivity contribution in [1.82, 2.24) is 0 Å². The molecule has 0 unspecified atom stereocenters. The molecule has 0 atom stereocenters. The van der Waals surface area contributed by atoms with E-state index >= 15 is 0 Å². The Kier molecular flexibility index (Phi) is 16.2. The van der Waals surface area contributed by atoms with Gasteiger partial charge < -0.3 is 0 Å². The van der Waals surface area contributed by atoms with Crippen LogP contribution >= 0.6 is 0 Å². The molecule has 7 heteroatoms. The number of benzene rings is 2. The normalized spacial score (nSPS) is 19.5. The summed E-state index contributed by atoms with van der Waals surface area (Å²) in [4.78, 5) is 0. The van der Waals surface area contributed by atoms with Crippen molar-refractivity contribution in [3.05, 3.63) is 57.6 Å². The maximum absolute atomic E-state index is 3.03. The van der Waals surface area contributed by atoms with Crippen molar-refractivity contribution < 1.29 is 0 Å². The van der Waals surface area contributed by atoms with Crippen LogP contribution in [0.15, 0.2) is 24.3 Å². The van der Waals surface area contributed by atoms with E-state index in [2.05, 4.69) is 142 Å². The molecular weight excluding hydrogens is 900 g/mol. The van der Waals surface area contributed by atoms with E-state index in [0.29, 0.717) is 0 Å². The molecule has 2 radical (unpaired) electrons. The Bertz CT molecular complexity index is 1540. The summed E-state index contributed by atoms with van der Waals surface area (Å²) in [6.45, 7) is 49.7. The molecule has 5 rings (SSSR count). The first-order chi connectivity index (χ1) is 26.6. The zero-order chi connectivity index (χ0) is 43.2. The summed E-state index contributed by atoms with van der Waals surface area (Å²) in [7, 11) is -9.43. The molecule has 326 valence electrons. The molecular formula is C51H94Si6Sn. The molecule has 58 heavy (non-hydrogen) atoms. The summed E-state index contributed by atoms with van der Waals surface area (Å²) in [5.41, 5.74) is 11.4. The van der Waals surface area contributed by atoms with Crippen LogP contribution in [0.25, 0.3) is 0 Å². The second kappa shape index (κ2) is 18.9. The van der Waals surface area contributed by atoms with Gasteiger partial charge in [-0.05, 0) is 0 Å². The molecule has 0 amide bonds. The Hall–Kier alpha value is 0.540. The van der Waals surface area contributed by atoms with Crippen LogP contribution in [0, 0.1) is 0 Å². The van der Waals surface area contributed by atoms with Crippen LogP contribution in [-0.4, -0.2) is 69.6 Å². The van der Waals surface area contributed by atoms with Crippen LogP contribution < -0.4 is 7.16 Å². The second-order valence-electron chi connectivity index (χ2n) is 26.8. The van der Waals surface area contributed by atoms with Gasteiger partial charge in [-0.25, -0.2) is 0 Å². The fraction of sp³-hybridized carbons (Fsp3) is 0.765. The molecule has 2 aromatic rings. The third-order valence-electron chi connectivity index (χ3n) is 15.0. The molecule has 0 aliphatic heterocycles. The fourth-order valence-electron chi connectivity index (χ4n) is 14.4. The standard InChI is InChI=1S/C27H59Si6.C24H35.Sn/c1-28(2,3)25(29(4,5)6)22-19-23(26(30(7,8)9)31(10,11)12)21-24(20-22)27(32(13,14)15)33(16,17)18;1-4-10-19(11-5-1)22-16-23(20-12-6-2-7-13-20)18-24(17-22)21-14-8-3-9-15-21;/h19-20,25-27H,1-18H3;16-17,19-21H,1-15H2;. The van der Waals surface area contributed by atoms with Crippen LogP contribution in [0.2, 0.25) is 118 Å². The molecule has 3 fully saturated rings. The van der Waals surface area contributed by atoms with Gasteiger partial charge >= 0.3 is 382 Å². The van der Waals surface area contributed by atoms with Crippen LogP contribution in [-0.2, 0) is 0 Å². The summed E-state index contributed by atoms with van der Waals surface area (Å²) in [5.74, 6) is 2.38. The van der Waals surface area contributed by atoms with E-state index < -0.39 is 69.6 Å². The maximum atomic E-state index is 3.03. The first kappa shape index (κ1) is 49.6. The summed E-state index contributed by atoms with van der Waals surface area (Å²) < 4.78 is 4.07. The van der Waals surface area contributed by atoms with Crippen molar-refractivity contribution in [2.24, 2.45) is 0 Å². The van der Waals surface area contributed by atoms with Crippen LogP contribution in [0.1, 0.15) is 163 Å². The Morgan fingerprint density at radius 2 is 0.655 bits per heavy atom. The predicted octanol–water partition coefficient (Wildman–Crippen LogP) is 16.0. The van der Waals surface area contributed by atoms with E-state index in [1.54, 1.807) is 5.56 Å². The van der Waals surface area contributed by atoms with Gasteiger partial charge in [0.2, 0.25) is 0 Å². The Labute approximate surface area is 378 Å². The molecule has 0 nitrogen and oxygen atoms in total. The number of rotatable bonds is 14. The molecule has 0 spiro atoms. The fourth-order valence-corrected chi connectivity index (χ4v) is 59.3. The van der Waals surface area contributed by atoms with Crippen molar-refractivity contribution in [2.45, 2.75) is 247 Å². The van der Waals surface area contributed by atoms with Gasteiger partial charge in [0.25, 0.3) is 0 Å². The average Bonchev–Trinajstić information content (AvgIpc) is 3.07. The van der Waals surface area contributed by atoms with Gasteiger partial charge in [0.1, 0.15) is 0 Å². The van der Waals surface area contributed by atoms with E-state index in [0.717, 1.165) is 33.2 Å². The van der Waals surface area contributed by atoms with Crippen molar-refractivity contribution in [1.29, 1.82) is 0 Å². The molecule has 2 aromatic carbocycles. The first-order valence-corrected chi connectivity index (χ1v) is 49.0. The Morgan fingerprint density at radius 1 is 0.362 bits per heavy atom. The second-order valence-corrected chi connectivity index (χ2v) is 63.9. The van der Waals surface area contributed by atoms with E-state index in [-0.39, 0.29) is 0 Å². The Balaban J connectivity index is 1.97. The van der Waals surface area contributed by atoms with Gasteiger partial charge in [-0.2, -0.15) is 0 Å². The minimum atomic E-state index is -1.60. The Morgan fingerprint density at radius 3 is 0.948 bits per heavy atom. The summed E-state index contributed by atoms with van der Waals surface area (Å²) in [5, 5.41) is 2.37. The van der Waals surface area contributed by atoms with Crippen molar-refractivity contribution in [3.63, 3.8) is 0 Å². The third-order valence-corrected chi connectivity index (χ3v) is 47.6. The van der Waals surface area contributed by atoms with Crippen molar-refractivity contribution >= 4 is 76.7 Å². The third kappa shape index (κ3) is 12.0. The van der Waals surface area contributed by atoms with E-state index in [1.807, 2.05) is 35.0 Å². The first-order valence-electron chi connectivity index (χ1n) is 24.7. The molecule has 3 aliphatic rings. The molecule has 0 saturated heterocycles. The minimum absolute atomic E-state index is 0.787. The molecule has 0 heterocycles. The van der Waals surface area contributed by atoms with Crippen molar-refractivity contribution in [3.8, 4) is 0 Å². The SMILES string of the molecule is C[Si](C)(C)C(c1cc(C([Si](C)(C)C)[Si](C)(C)C)[c]([Sn][c]2c(C3CCCCC3)cc(C3CCCCC3)cc2C2CCCCC2)c(C([Si](C)(C)C)[Si](C)(C)C)c1)[Si](C)(C)C. The molecule has 0 aromatic heterocycles. The monoisotopic (exact) mass is 994 g/mol. The van der Waals surface area contributed by atoms with E-state index in [4.69, 9.17) is 0 Å². The van der Waals surface area contributed by atoms with Gasteiger partial charge in [0, 0.05) is 0 Å². The zero-order valence-corrected chi connectivity index (χ0v) is 50.7. The van der Waals surface area contributed by atoms with Gasteiger partial charge in [-0.1, -0.05) is 0 Å². The van der Waals surface area contributed by atoms with Crippen LogP contribution in [0.5, 0.6) is 0 Å². The average molecular weight is 995 g/mol. The van der Waals surface area contributed by atoms with Gasteiger partial charge in [0.05, 0.1) is 0 Å². The number of hydrogen-bond donors (Lipinski definition) is 0. The van der Waals surface area contributed by atoms with Gasteiger partial charge in [-0.15, -0.1) is 0 Å². The molecule has 0 bridgehead atoms. The molecule has 3 saturated carbocycles. The predicted molar refractivity (Wildman–Crippen MR) is 284 cm³/mol. The summed E-state index contributed by atoms with van der Waals surface area (Å²) in [6.07, 6.45) is 21.7. The summed E-state index contributed by atoms with van der Waals surface area (Å²) >= 11 is -1.25. The van der Waals surface area contributed by atoms with E-state index in [1.165, 1.54) is 96.3 Å². The number of hydrogen-bond acceptors (Lipinski definition) is 0. The topological polar surface area (TPSA) is 0 Å². The van der Waals surface area contributed by atoms with Crippen LogP contribution in [0.4, 0.5) is 0 Å². The quantitative estimate of drug-likeness (QED) is 0.166. The van der Waals surface area contributed by atoms with Gasteiger partial charge in [-0.3, -0.25) is 0 Å². The van der Waals surface area contributed by atoms with E-state index in [9.17, 15) is 0 Å². The van der Waals surface area contributed by atoms with Crippen LogP contribution in [0.3, 0.4) is 0 Å². The zero-order valence-electron chi connectivity index (χ0n) is 41.9. The van der Waals surface area contributed by atoms with Crippen molar-refractivity contribution in [2.75, 3.05) is 0 Å².